The van der Waals surface area contributed by atoms with Crippen molar-refractivity contribution in [3.63, 3.8) is 0 Å². The van der Waals surface area contributed by atoms with Gasteiger partial charge in [-0.25, -0.2) is 4.79 Å². The van der Waals surface area contributed by atoms with Crippen molar-refractivity contribution in [2.24, 2.45) is 0 Å². The van der Waals surface area contributed by atoms with Crippen LogP contribution in [0.2, 0.25) is 0 Å². The van der Waals surface area contributed by atoms with E-state index in [1.165, 1.54) is 11.3 Å². The molecule has 14 heteroatoms. The molecule has 2 aliphatic rings. The van der Waals surface area contributed by atoms with Gasteiger partial charge in [0.2, 0.25) is 23.6 Å². The highest BCUT2D eigenvalue weighted by Crippen LogP contribution is 2.21. The predicted octanol–water partition coefficient (Wildman–Crippen LogP) is 5.22. The summed E-state index contributed by atoms with van der Waals surface area (Å²) >= 11 is 1.42. The molecular formula is C52H51N5O8S. The van der Waals surface area contributed by atoms with Crippen molar-refractivity contribution < 1.29 is 38.6 Å². The maximum atomic E-state index is 14.7. The summed E-state index contributed by atoms with van der Waals surface area (Å²) in [5.74, 6) is -4.22. The lowest BCUT2D eigenvalue weighted by atomic mass is 9.99. The highest BCUT2D eigenvalue weighted by molar-refractivity contribution is 7.09. The summed E-state index contributed by atoms with van der Waals surface area (Å²) in [7, 11) is 0. The first-order chi connectivity index (χ1) is 32.1. The van der Waals surface area contributed by atoms with Crippen LogP contribution in [0.25, 0.3) is 11.1 Å². The molecule has 8 rings (SSSR count). The smallest absolute Gasteiger partial charge is 0.326 e. The van der Waals surface area contributed by atoms with Crippen LogP contribution in [0.1, 0.15) is 33.6 Å². The number of carboxylic acid groups (broad SMARTS) is 1. The van der Waals surface area contributed by atoms with Crippen molar-refractivity contribution in [2.75, 3.05) is 6.61 Å². The van der Waals surface area contributed by atoms with Gasteiger partial charge < -0.3 is 36.4 Å². The molecule has 0 aliphatic carbocycles. The number of rotatable bonds is 13. The Balaban J connectivity index is 1.22. The van der Waals surface area contributed by atoms with Crippen molar-refractivity contribution in [1.29, 1.82) is 0 Å². The van der Waals surface area contributed by atoms with E-state index in [9.17, 15) is 33.9 Å². The molecule has 13 nitrogen and oxygen atoms in total. The summed E-state index contributed by atoms with van der Waals surface area (Å²) in [6.07, 6.45) is 0.578. The lowest BCUT2D eigenvalue weighted by Crippen LogP contribution is -2.60. The molecule has 5 atom stereocenters. The van der Waals surface area contributed by atoms with Gasteiger partial charge in [0, 0.05) is 30.6 Å². The zero-order valence-corrected chi connectivity index (χ0v) is 36.9. The van der Waals surface area contributed by atoms with Crippen LogP contribution in [-0.4, -0.2) is 77.4 Å². The third kappa shape index (κ3) is 13.5. The van der Waals surface area contributed by atoms with E-state index < -0.39 is 72.3 Å². The molecule has 0 radical (unpaired) electrons. The maximum Gasteiger partial charge on any atom is 0.326 e. The van der Waals surface area contributed by atoms with Crippen LogP contribution in [0.5, 0.6) is 5.75 Å². The van der Waals surface area contributed by atoms with Gasteiger partial charge in [-0.3, -0.25) is 24.0 Å². The van der Waals surface area contributed by atoms with Crippen LogP contribution >= 0.6 is 11.3 Å². The summed E-state index contributed by atoms with van der Waals surface area (Å²) in [6, 6.07) is 39.8. The lowest BCUT2D eigenvalue weighted by molar-refractivity contribution is -0.142. The second kappa shape index (κ2) is 22.9. The van der Waals surface area contributed by atoms with Crippen LogP contribution in [0.4, 0.5) is 0 Å². The standard InChI is InChI=1S/C52H51N5O8S/c58-47-33-65-40-25-20-37(21-26-40)30-44(50(61)57-46(52(63)64)31-35-13-6-2-7-14-35)55-48(59)42(27-22-34-11-4-1-5-12-34)54-49(60)43(56-51(62)45(53-47)32-41-17-10-28-66-41)29-36-18-23-39(24-19-36)38-15-8-3-9-16-38/h1-21,23-26,28,42-46H,22,27,29-33H2,(H,53,58)(H,54,60)(H,55,59)(H,56,62)(H,57,61)(H,63,64)/t42-,43+,44-,45-,46-/m1/s1. The fraction of sp³-hybridized carbons (Fsp3) is 0.231. The lowest BCUT2D eigenvalue weighted by Gasteiger charge is -2.27. The van der Waals surface area contributed by atoms with Gasteiger partial charge in [-0.15, -0.1) is 11.3 Å². The monoisotopic (exact) mass is 905 g/mol. The minimum atomic E-state index is -1.32. The van der Waals surface area contributed by atoms with Crippen LogP contribution in [0.15, 0.2) is 157 Å². The van der Waals surface area contributed by atoms with Gasteiger partial charge in [-0.2, -0.15) is 0 Å². The van der Waals surface area contributed by atoms with Crippen molar-refractivity contribution in [3.05, 3.63) is 184 Å². The first-order valence-corrected chi connectivity index (χ1v) is 22.6. The van der Waals surface area contributed by atoms with Gasteiger partial charge in [0.15, 0.2) is 6.61 Å². The number of nitrogens with one attached hydrogen (secondary N) is 5. The summed E-state index contributed by atoms with van der Waals surface area (Å²) in [6.45, 7) is -0.423. The van der Waals surface area contributed by atoms with Crippen LogP contribution in [0.3, 0.4) is 0 Å². The van der Waals surface area contributed by atoms with Crippen LogP contribution in [-0.2, 0) is 60.9 Å². The first kappa shape index (κ1) is 46.4. The molecular weight excluding hydrogens is 855 g/mol. The van der Waals surface area contributed by atoms with E-state index >= 15 is 0 Å². The normalized spacial score (nSPS) is 18.7. The molecule has 338 valence electrons. The third-order valence-corrected chi connectivity index (χ3v) is 12.1. The average Bonchev–Trinajstić information content (AvgIpc) is 3.85. The minimum Gasteiger partial charge on any atom is -0.484 e. The fourth-order valence-electron chi connectivity index (χ4n) is 7.66. The van der Waals surface area contributed by atoms with Crippen molar-refractivity contribution in [1.82, 2.24) is 26.6 Å². The number of carbonyl (C=O) groups excluding carboxylic acids is 5. The van der Waals surface area contributed by atoms with E-state index in [1.807, 2.05) is 102 Å². The fourth-order valence-corrected chi connectivity index (χ4v) is 8.42. The summed E-state index contributed by atoms with van der Waals surface area (Å²) in [5.41, 5.74) is 4.85. The van der Waals surface area contributed by atoms with Gasteiger partial charge in [-0.05, 0) is 69.8 Å². The molecule has 5 aromatic carbocycles. The van der Waals surface area contributed by atoms with Gasteiger partial charge >= 0.3 is 5.97 Å². The number of amides is 5. The molecule has 0 saturated heterocycles. The van der Waals surface area contributed by atoms with E-state index in [0.29, 0.717) is 23.3 Å². The summed E-state index contributed by atoms with van der Waals surface area (Å²) in [5, 5.41) is 26.1. The van der Waals surface area contributed by atoms with Gasteiger partial charge in [0.25, 0.3) is 5.91 Å². The Hall–Kier alpha value is -7.58. The third-order valence-electron chi connectivity index (χ3n) is 11.2. The molecule has 0 spiro atoms. The number of carboxylic acids is 1. The van der Waals surface area contributed by atoms with Gasteiger partial charge in [0.1, 0.15) is 36.0 Å². The zero-order chi connectivity index (χ0) is 46.3. The van der Waals surface area contributed by atoms with E-state index in [1.54, 1.807) is 54.6 Å². The Labute approximate surface area is 387 Å². The molecule has 1 aromatic heterocycles. The molecule has 6 aromatic rings. The predicted molar refractivity (Wildman–Crippen MR) is 251 cm³/mol. The number of carbonyl (C=O) groups is 6. The number of fused-ring (bicyclic) bond motifs is 16. The Morgan fingerprint density at radius 1 is 0.621 bits per heavy atom. The Morgan fingerprint density at radius 2 is 1.21 bits per heavy atom. The number of ether oxygens (including phenoxy) is 1. The van der Waals surface area contributed by atoms with Crippen LogP contribution in [0, 0.1) is 0 Å². The number of thiophene rings is 1. The first-order valence-electron chi connectivity index (χ1n) is 21.8. The molecule has 2 bridgehead atoms. The molecule has 2 aliphatic heterocycles. The number of hydrogen-bond acceptors (Lipinski definition) is 8. The Morgan fingerprint density at radius 3 is 1.85 bits per heavy atom. The summed E-state index contributed by atoms with van der Waals surface area (Å²) < 4.78 is 5.80. The van der Waals surface area contributed by atoms with Gasteiger partial charge in [0.05, 0.1) is 0 Å². The molecule has 66 heavy (non-hydrogen) atoms. The molecule has 0 unspecified atom stereocenters. The number of aryl methyl sites for hydroxylation is 1. The van der Waals surface area contributed by atoms with E-state index in [-0.39, 0.29) is 32.1 Å². The van der Waals surface area contributed by atoms with Crippen LogP contribution < -0.4 is 31.3 Å². The van der Waals surface area contributed by atoms with E-state index in [2.05, 4.69) is 26.6 Å². The molecule has 0 fully saturated rings. The molecule has 0 saturated carbocycles. The molecule has 5 amide bonds. The SMILES string of the molecule is O=C1COc2ccc(cc2)C[C@H](C(=O)N[C@H](Cc2ccccc2)C(=O)O)NC(=O)[C@@H](CCc2ccccc2)NC(=O)[C@H](Cc2ccc(-c3ccccc3)cc2)NC(=O)[C@@H](Cc2cccs2)N1. The number of aliphatic carboxylic acids is 1. The van der Waals surface area contributed by atoms with E-state index in [0.717, 1.165) is 27.1 Å². The quantitative estimate of drug-likeness (QED) is 0.0851. The Bertz CT molecular complexity index is 2560. The molecule has 6 N–H and O–H groups in total. The second-order valence-corrected chi connectivity index (χ2v) is 17.1. The topological polar surface area (TPSA) is 192 Å². The second-order valence-electron chi connectivity index (χ2n) is 16.1. The van der Waals surface area contributed by atoms with Crippen molar-refractivity contribution >= 4 is 46.8 Å². The summed E-state index contributed by atoms with van der Waals surface area (Å²) in [4.78, 5) is 84.5. The van der Waals surface area contributed by atoms with E-state index in [4.69, 9.17) is 4.74 Å². The largest absolute Gasteiger partial charge is 0.484 e. The maximum absolute atomic E-state index is 14.7. The average molecular weight is 906 g/mol. The highest BCUT2D eigenvalue weighted by atomic mass is 32.1. The molecule has 3 heterocycles. The highest BCUT2D eigenvalue weighted by Gasteiger charge is 2.33. The Kier molecular flexibility index (Phi) is 16.1. The number of benzene rings is 5. The van der Waals surface area contributed by atoms with Crippen molar-refractivity contribution in [3.8, 4) is 16.9 Å². The number of hydrogen-bond donors (Lipinski definition) is 6. The zero-order valence-electron chi connectivity index (χ0n) is 36.1. The van der Waals surface area contributed by atoms with Crippen molar-refractivity contribution in [2.45, 2.75) is 68.7 Å². The van der Waals surface area contributed by atoms with Gasteiger partial charge in [-0.1, -0.05) is 133 Å². The minimum absolute atomic E-state index is 0.00573.